The fraction of sp³-hybridized carbons (Fsp3) is 0.583. The zero-order valence-corrected chi connectivity index (χ0v) is 13.1. The van der Waals surface area contributed by atoms with E-state index < -0.39 is 0 Å². The molecule has 1 fully saturated rings. The maximum Gasteiger partial charge on any atom is 0.226 e. The van der Waals surface area contributed by atoms with Gasteiger partial charge in [0.15, 0.2) is 0 Å². The highest BCUT2D eigenvalue weighted by molar-refractivity contribution is 5.85. The van der Waals surface area contributed by atoms with Crippen molar-refractivity contribution >= 4 is 36.5 Å². The monoisotopic (exact) mass is 321 g/mol. The second-order valence-electron chi connectivity index (χ2n) is 4.51. The van der Waals surface area contributed by atoms with Crippen LogP contribution in [0.3, 0.4) is 0 Å². The molecule has 1 saturated heterocycles. The van der Waals surface area contributed by atoms with Crippen LogP contribution in [0.25, 0.3) is 0 Å². The molecule has 1 aromatic rings. The molecule has 0 aromatic carbocycles. The Morgan fingerprint density at radius 1 is 1.30 bits per heavy atom. The standard InChI is InChI=1S/C12H19N5O.2ClH/c1-10(8-13)12(18)17-6-4-16(5-7-17)11-9-14-2-3-15-11;;/h2-3,9-10H,4-8,13H2,1H3;2*1H. The van der Waals surface area contributed by atoms with Crippen molar-refractivity contribution in [1.29, 1.82) is 0 Å². The molecular weight excluding hydrogens is 301 g/mol. The summed E-state index contributed by atoms with van der Waals surface area (Å²) in [6.45, 7) is 5.31. The van der Waals surface area contributed by atoms with E-state index >= 15 is 0 Å². The van der Waals surface area contributed by atoms with Gasteiger partial charge in [-0.05, 0) is 0 Å². The van der Waals surface area contributed by atoms with Crippen LogP contribution in [-0.4, -0.2) is 53.5 Å². The minimum atomic E-state index is -0.0898. The number of rotatable bonds is 3. The third kappa shape index (κ3) is 4.47. The molecule has 0 radical (unpaired) electrons. The first kappa shape index (κ1) is 18.9. The van der Waals surface area contributed by atoms with Crippen LogP contribution in [0.1, 0.15) is 6.92 Å². The maximum atomic E-state index is 12.0. The van der Waals surface area contributed by atoms with E-state index in [4.69, 9.17) is 5.73 Å². The number of anilines is 1. The number of aromatic nitrogens is 2. The lowest BCUT2D eigenvalue weighted by Gasteiger charge is -2.36. The summed E-state index contributed by atoms with van der Waals surface area (Å²) < 4.78 is 0. The van der Waals surface area contributed by atoms with E-state index in [2.05, 4.69) is 14.9 Å². The number of carbonyl (C=O) groups excluding carboxylic acids is 1. The number of nitrogens with two attached hydrogens (primary N) is 1. The number of halogens is 2. The number of amides is 1. The van der Waals surface area contributed by atoms with E-state index in [0.29, 0.717) is 6.54 Å². The second kappa shape index (κ2) is 8.94. The van der Waals surface area contributed by atoms with Gasteiger partial charge in [-0.2, -0.15) is 0 Å². The van der Waals surface area contributed by atoms with Gasteiger partial charge >= 0.3 is 0 Å². The van der Waals surface area contributed by atoms with Crippen LogP contribution in [0, 0.1) is 5.92 Å². The van der Waals surface area contributed by atoms with E-state index in [1.54, 1.807) is 18.6 Å². The highest BCUT2D eigenvalue weighted by Crippen LogP contribution is 2.12. The molecule has 0 aliphatic carbocycles. The van der Waals surface area contributed by atoms with Crippen molar-refractivity contribution in [3.63, 3.8) is 0 Å². The van der Waals surface area contributed by atoms with Crippen molar-refractivity contribution in [2.45, 2.75) is 6.92 Å². The SMILES string of the molecule is CC(CN)C(=O)N1CCN(c2cnccn2)CC1.Cl.Cl. The Labute approximate surface area is 131 Å². The van der Waals surface area contributed by atoms with E-state index in [1.165, 1.54) is 0 Å². The summed E-state index contributed by atoms with van der Waals surface area (Å²) >= 11 is 0. The number of carbonyl (C=O) groups is 1. The smallest absolute Gasteiger partial charge is 0.226 e. The summed E-state index contributed by atoms with van der Waals surface area (Å²) in [6.07, 6.45) is 5.09. The number of piperazine rings is 1. The highest BCUT2D eigenvalue weighted by Gasteiger charge is 2.24. The Kier molecular flexibility index (Phi) is 8.45. The molecule has 1 aromatic heterocycles. The molecule has 1 aliphatic heterocycles. The van der Waals surface area contributed by atoms with Crippen molar-refractivity contribution in [1.82, 2.24) is 14.9 Å². The summed E-state index contributed by atoms with van der Waals surface area (Å²) in [5, 5.41) is 0. The quantitative estimate of drug-likeness (QED) is 0.880. The molecule has 0 saturated carbocycles. The van der Waals surface area contributed by atoms with Crippen molar-refractivity contribution in [3.8, 4) is 0 Å². The van der Waals surface area contributed by atoms with Gasteiger partial charge in [-0.25, -0.2) is 4.98 Å². The van der Waals surface area contributed by atoms with Crippen LogP contribution in [0.5, 0.6) is 0 Å². The number of nitrogens with zero attached hydrogens (tertiary/aromatic N) is 4. The Morgan fingerprint density at radius 2 is 1.95 bits per heavy atom. The largest absolute Gasteiger partial charge is 0.352 e. The molecule has 2 rings (SSSR count). The summed E-state index contributed by atoms with van der Waals surface area (Å²) in [6, 6.07) is 0. The second-order valence-corrected chi connectivity index (χ2v) is 4.51. The molecule has 8 heteroatoms. The summed E-state index contributed by atoms with van der Waals surface area (Å²) in [5.74, 6) is 0.931. The van der Waals surface area contributed by atoms with Crippen molar-refractivity contribution in [2.24, 2.45) is 11.7 Å². The highest BCUT2D eigenvalue weighted by atomic mass is 35.5. The predicted molar refractivity (Wildman–Crippen MR) is 83.5 cm³/mol. The van der Waals surface area contributed by atoms with Gasteiger partial charge in [0.1, 0.15) is 5.82 Å². The lowest BCUT2D eigenvalue weighted by Crippen LogP contribution is -2.51. The lowest BCUT2D eigenvalue weighted by molar-refractivity contribution is -0.134. The normalized spacial score (nSPS) is 15.9. The Bertz CT molecular complexity index is 398. The molecule has 114 valence electrons. The predicted octanol–water partition coefficient (Wildman–Crippen LogP) is 0.564. The van der Waals surface area contributed by atoms with Gasteiger partial charge in [-0.3, -0.25) is 9.78 Å². The fourth-order valence-corrected chi connectivity index (χ4v) is 2.02. The van der Waals surface area contributed by atoms with Gasteiger partial charge < -0.3 is 15.5 Å². The number of hydrogen-bond donors (Lipinski definition) is 1. The topological polar surface area (TPSA) is 75.4 Å². The van der Waals surface area contributed by atoms with Crippen LogP contribution in [-0.2, 0) is 4.79 Å². The number of hydrogen-bond acceptors (Lipinski definition) is 5. The van der Waals surface area contributed by atoms with Crippen molar-refractivity contribution < 1.29 is 4.79 Å². The summed E-state index contributed by atoms with van der Waals surface area (Å²) in [5.41, 5.74) is 5.52. The fourth-order valence-electron chi connectivity index (χ4n) is 2.02. The third-order valence-electron chi connectivity index (χ3n) is 3.24. The average Bonchev–Trinajstić information content (AvgIpc) is 2.47. The first-order chi connectivity index (χ1) is 8.72. The minimum Gasteiger partial charge on any atom is -0.352 e. The maximum absolute atomic E-state index is 12.0. The van der Waals surface area contributed by atoms with Crippen molar-refractivity contribution in [2.75, 3.05) is 37.6 Å². The molecule has 20 heavy (non-hydrogen) atoms. The average molecular weight is 322 g/mol. The van der Waals surface area contributed by atoms with Gasteiger partial charge in [0, 0.05) is 51.0 Å². The Hall–Kier alpha value is -1.11. The van der Waals surface area contributed by atoms with Gasteiger partial charge in [0.05, 0.1) is 6.20 Å². The molecule has 2 heterocycles. The van der Waals surface area contributed by atoms with Gasteiger partial charge in [-0.15, -0.1) is 24.8 Å². The third-order valence-corrected chi connectivity index (χ3v) is 3.24. The molecule has 1 amide bonds. The first-order valence-electron chi connectivity index (χ1n) is 6.22. The summed E-state index contributed by atoms with van der Waals surface area (Å²) in [4.78, 5) is 24.3. The Morgan fingerprint density at radius 3 is 2.45 bits per heavy atom. The van der Waals surface area contributed by atoms with Gasteiger partial charge in [0.25, 0.3) is 0 Å². The van der Waals surface area contributed by atoms with E-state index in [9.17, 15) is 4.79 Å². The first-order valence-corrected chi connectivity index (χ1v) is 6.22. The zero-order valence-electron chi connectivity index (χ0n) is 11.4. The molecule has 1 atom stereocenters. The van der Waals surface area contributed by atoms with E-state index in [-0.39, 0.29) is 36.6 Å². The molecular formula is C12H21Cl2N5O. The minimum absolute atomic E-state index is 0. The van der Waals surface area contributed by atoms with Crippen LogP contribution in [0.2, 0.25) is 0 Å². The van der Waals surface area contributed by atoms with Crippen LogP contribution in [0.4, 0.5) is 5.82 Å². The molecule has 1 aliphatic rings. The summed E-state index contributed by atoms with van der Waals surface area (Å²) in [7, 11) is 0. The van der Waals surface area contributed by atoms with Gasteiger partial charge in [-0.1, -0.05) is 6.92 Å². The van der Waals surface area contributed by atoms with E-state index in [0.717, 1.165) is 32.0 Å². The van der Waals surface area contributed by atoms with E-state index in [1.807, 2.05) is 11.8 Å². The van der Waals surface area contributed by atoms with Gasteiger partial charge in [0.2, 0.25) is 5.91 Å². The van der Waals surface area contributed by atoms with Crippen LogP contribution >= 0.6 is 24.8 Å². The molecule has 6 nitrogen and oxygen atoms in total. The van der Waals surface area contributed by atoms with Crippen molar-refractivity contribution in [3.05, 3.63) is 18.6 Å². The van der Waals surface area contributed by atoms with Crippen LogP contribution < -0.4 is 10.6 Å². The molecule has 0 spiro atoms. The molecule has 1 unspecified atom stereocenters. The lowest BCUT2D eigenvalue weighted by atomic mass is 10.1. The zero-order chi connectivity index (χ0) is 13.0. The van der Waals surface area contributed by atoms with Crippen LogP contribution in [0.15, 0.2) is 18.6 Å². The molecule has 2 N–H and O–H groups in total. The molecule has 0 bridgehead atoms. The Balaban J connectivity index is 0.00000180.